The summed E-state index contributed by atoms with van der Waals surface area (Å²) in [6, 6.07) is 14.1. The Labute approximate surface area is 132 Å². The maximum absolute atomic E-state index is 5.97. The molecule has 0 fully saturated rings. The fraction of sp³-hybridized carbons (Fsp3) is 0.176. The summed E-state index contributed by atoms with van der Waals surface area (Å²) < 4.78 is 7.03. The van der Waals surface area contributed by atoms with Crippen LogP contribution in [0.25, 0.3) is 11.0 Å². The molecule has 0 radical (unpaired) electrons. The average molecular weight is 345 g/mol. The molecule has 108 valence electrons. The van der Waals surface area contributed by atoms with Gasteiger partial charge in [0.25, 0.3) is 0 Å². The lowest BCUT2D eigenvalue weighted by atomic mass is 10.00. The highest BCUT2D eigenvalue weighted by atomic mass is 79.9. The van der Waals surface area contributed by atoms with Gasteiger partial charge >= 0.3 is 0 Å². The predicted octanol–water partition coefficient (Wildman–Crippen LogP) is 4.36. The number of nitrogens with one attached hydrogen (secondary N) is 1. The van der Waals surface area contributed by atoms with Crippen molar-refractivity contribution >= 4 is 26.9 Å². The first kappa shape index (κ1) is 14.3. The van der Waals surface area contributed by atoms with Crippen molar-refractivity contribution in [1.29, 1.82) is 0 Å². The topological polar surface area (TPSA) is 51.2 Å². The summed E-state index contributed by atoms with van der Waals surface area (Å²) in [6.07, 6.45) is 0. The smallest absolute Gasteiger partial charge is 0.134 e. The summed E-state index contributed by atoms with van der Waals surface area (Å²) >= 11 is 3.56. The first-order valence-corrected chi connectivity index (χ1v) is 7.60. The predicted molar refractivity (Wildman–Crippen MR) is 89.0 cm³/mol. The number of fused-ring (bicyclic) bond motifs is 1. The van der Waals surface area contributed by atoms with Gasteiger partial charge in [-0.15, -0.1) is 0 Å². The van der Waals surface area contributed by atoms with Crippen LogP contribution in [-0.4, -0.2) is 0 Å². The molecular formula is C17H17BrN2O. The Balaban J connectivity index is 2.11. The lowest BCUT2D eigenvalue weighted by Gasteiger charge is -2.17. The first-order chi connectivity index (χ1) is 10.1. The van der Waals surface area contributed by atoms with Gasteiger partial charge in [-0.25, -0.2) is 5.43 Å². The van der Waals surface area contributed by atoms with Crippen molar-refractivity contribution in [3.63, 3.8) is 0 Å². The molecule has 3 aromatic rings. The zero-order valence-corrected chi connectivity index (χ0v) is 13.6. The van der Waals surface area contributed by atoms with Crippen molar-refractivity contribution < 1.29 is 4.42 Å². The Kier molecular flexibility index (Phi) is 3.85. The molecule has 0 saturated heterocycles. The Morgan fingerprint density at radius 1 is 1.14 bits per heavy atom. The molecule has 0 aliphatic rings. The molecule has 0 amide bonds. The van der Waals surface area contributed by atoms with E-state index in [4.69, 9.17) is 10.3 Å². The second-order valence-corrected chi connectivity index (χ2v) is 6.10. The Bertz CT molecular complexity index is 795. The molecule has 0 bridgehead atoms. The van der Waals surface area contributed by atoms with Crippen LogP contribution < -0.4 is 11.3 Å². The Morgan fingerprint density at radius 2 is 1.95 bits per heavy atom. The van der Waals surface area contributed by atoms with E-state index in [1.807, 2.05) is 30.3 Å². The van der Waals surface area contributed by atoms with Crippen LogP contribution >= 0.6 is 15.9 Å². The monoisotopic (exact) mass is 344 g/mol. The van der Waals surface area contributed by atoms with Gasteiger partial charge in [-0.2, -0.15) is 0 Å². The minimum Gasteiger partial charge on any atom is -0.459 e. The molecule has 0 aliphatic heterocycles. The summed E-state index contributed by atoms with van der Waals surface area (Å²) in [5, 5.41) is 1.10. The molecule has 3 N–H and O–H groups in total. The van der Waals surface area contributed by atoms with Gasteiger partial charge in [0.05, 0.1) is 0 Å². The van der Waals surface area contributed by atoms with E-state index in [0.717, 1.165) is 32.3 Å². The second kappa shape index (κ2) is 5.64. The van der Waals surface area contributed by atoms with Crippen LogP contribution in [-0.2, 0) is 0 Å². The van der Waals surface area contributed by atoms with Crippen molar-refractivity contribution in [3.8, 4) is 0 Å². The fourth-order valence-electron chi connectivity index (χ4n) is 2.59. The number of rotatable bonds is 3. The molecule has 3 rings (SSSR count). The molecular weight excluding hydrogens is 328 g/mol. The molecule has 0 saturated carbocycles. The summed E-state index contributed by atoms with van der Waals surface area (Å²) in [5.41, 5.74) is 7.21. The number of halogens is 1. The van der Waals surface area contributed by atoms with E-state index in [2.05, 4.69) is 47.3 Å². The van der Waals surface area contributed by atoms with Gasteiger partial charge < -0.3 is 4.42 Å². The first-order valence-electron chi connectivity index (χ1n) is 6.81. The quantitative estimate of drug-likeness (QED) is 0.548. The highest BCUT2D eigenvalue weighted by Gasteiger charge is 2.19. The molecule has 1 aromatic heterocycles. The van der Waals surface area contributed by atoms with Crippen molar-refractivity contribution in [3.05, 3.63) is 69.4 Å². The third-order valence-corrected chi connectivity index (χ3v) is 4.62. The molecule has 3 nitrogen and oxygen atoms in total. The van der Waals surface area contributed by atoms with Gasteiger partial charge in [0, 0.05) is 9.86 Å². The Hall–Kier alpha value is -1.62. The van der Waals surface area contributed by atoms with E-state index >= 15 is 0 Å². The van der Waals surface area contributed by atoms with E-state index in [1.54, 1.807) is 0 Å². The molecule has 2 aromatic carbocycles. The van der Waals surface area contributed by atoms with E-state index < -0.39 is 0 Å². The molecule has 1 unspecified atom stereocenters. The Morgan fingerprint density at radius 3 is 2.71 bits per heavy atom. The zero-order valence-electron chi connectivity index (χ0n) is 12.0. The normalized spacial score (nSPS) is 12.8. The van der Waals surface area contributed by atoms with E-state index in [1.165, 1.54) is 5.56 Å². The summed E-state index contributed by atoms with van der Waals surface area (Å²) in [5.74, 6) is 6.60. The molecule has 1 atom stereocenters. The zero-order chi connectivity index (χ0) is 15.0. The minimum atomic E-state index is -0.171. The van der Waals surface area contributed by atoms with Crippen molar-refractivity contribution in [2.45, 2.75) is 19.9 Å². The number of furan rings is 1. The SMILES string of the molecule is Cc1ccc2oc(C(NN)c3cccc(Br)c3C)cc2c1. The third-order valence-electron chi connectivity index (χ3n) is 3.76. The standard InChI is InChI=1S/C17H17BrN2O/c1-10-6-7-15-12(8-10)9-16(21-15)17(20-19)13-4-3-5-14(18)11(13)2/h3-9,17,20H,19H2,1-2H3. The molecule has 21 heavy (non-hydrogen) atoms. The van der Waals surface area contributed by atoms with Crippen LogP contribution in [0.5, 0.6) is 0 Å². The van der Waals surface area contributed by atoms with E-state index in [9.17, 15) is 0 Å². The van der Waals surface area contributed by atoms with E-state index in [-0.39, 0.29) is 6.04 Å². The van der Waals surface area contributed by atoms with Gasteiger partial charge in [-0.3, -0.25) is 5.84 Å². The van der Waals surface area contributed by atoms with Crippen LogP contribution in [0.3, 0.4) is 0 Å². The highest BCUT2D eigenvalue weighted by Crippen LogP contribution is 2.32. The van der Waals surface area contributed by atoms with Gasteiger partial charge in [0.15, 0.2) is 0 Å². The highest BCUT2D eigenvalue weighted by molar-refractivity contribution is 9.10. The largest absolute Gasteiger partial charge is 0.459 e. The molecule has 1 heterocycles. The lowest BCUT2D eigenvalue weighted by molar-refractivity contribution is 0.476. The summed E-state index contributed by atoms with van der Waals surface area (Å²) in [6.45, 7) is 4.14. The third kappa shape index (κ3) is 2.62. The fourth-order valence-corrected chi connectivity index (χ4v) is 2.97. The van der Waals surface area contributed by atoms with Crippen molar-refractivity contribution in [2.24, 2.45) is 5.84 Å². The molecule has 4 heteroatoms. The van der Waals surface area contributed by atoms with Crippen LogP contribution in [0.1, 0.15) is 28.5 Å². The van der Waals surface area contributed by atoms with Crippen LogP contribution in [0.15, 0.2) is 51.4 Å². The van der Waals surface area contributed by atoms with E-state index in [0.29, 0.717) is 0 Å². The number of hydrazine groups is 1. The number of hydrogen-bond donors (Lipinski definition) is 2. The number of nitrogens with two attached hydrogens (primary N) is 1. The maximum Gasteiger partial charge on any atom is 0.134 e. The van der Waals surface area contributed by atoms with Gasteiger partial charge in [-0.05, 0) is 49.2 Å². The summed E-state index contributed by atoms with van der Waals surface area (Å²) in [4.78, 5) is 0. The summed E-state index contributed by atoms with van der Waals surface area (Å²) in [7, 11) is 0. The average Bonchev–Trinajstić information content (AvgIpc) is 2.87. The van der Waals surface area contributed by atoms with Crippen molar-refractivity contribution in [2.75, 3.05) is 0 Å². The van der Waals surface area contributed by atoms with Crippen LogP contribution in [0.4, 0.5) is 0 Å². The van der Waals surface area contributed by atoms with Gasteiger partial charge in [0.1, 0.15) is 17.4 Å². The van der Waals surface area contributed by atoms with Crippen LogP contribution in [0.2, 0.25) is 0 Å². The number of benzene rings is 2. The van der Waals surface area contributed by atoms with Crippen LogP contribution in [0, 0.1) is 13.8 Å². The van der Waals surface area contributed by atoms with Gasteiger partial charge in [0.2, 0.25) is 0 Å². The maximum atomic E-state index is 5.97. The lowest BCUT2D eigenvalue weighted by Crippen LogP contribution is -2.29. The number of aryl methyl sites for hydroxylation is 1. The minimum absolute atomic E-state index is 0.171. The molecule has 0 spiro atoms. The number of hydrogen-bond acceptors (Lipinski definition) is 3. The molecule has 0 aliphatic carbocycles. The second-order valence-electron chi connectivity index (χ2n) is 5.24. The van der Waals surface area contributed by atoms with Gasteiger partial charge in [-0.1, -0.05) is 39.7 Å². The van der Waals surface area contributed by atoms with Crippen molar-refractivity contribution in [1.82, 2.24) is 5.43 Å².